The number of fused-ring (bicyclic) bond motifs is 1. The normalized spacial score (nSPS) is 18.2. The van der Waals surface area contributed by atoms with Crippen LogP contribution in [-0.2, 0) is 0 Å². The first kappa shape index (κ1) is 11.5. The summed E-state index contributed by atoms with van der Waals surface area (Å²) < 4.78 is 0. The lowest BCUT2D eigenvalue weighted by Crippen LogP contribution is -2.01. The fraction of sp³-hybridized carbons (Fsp3) is 0.600. The molecule has 0 radical (unpaired) electrons. The lowest BCUT2D eigenvalue weighted by atomic mass is 9.94. The molecule has 0 fully saturated rings. The summed E-state index contributed by atoms with van der Waals surface area (Å²) in [7, 11) is 0. The van der Waals surface area contributed by atoms with Crippen molar-refractivity contribution in [2.75, 3.05) is 11.9 Å². The van der Waals surface area contributed by atoms with Crippen LogP contribution in [0.4, 0.5) is 5.69 Å². The maximum absolute atomic E-state index is 3.52. The average molecular weight is 217 g/mol. The van der Waals surface area contributed by atoms with E-state index in [-0.39, 0.29) is 0 Å². The summed E-state index contributed by atoms with van der Waals surface area (Å²) in [5.41, 5.74) is 4.31. The van der Waals surface area contributed by atoms with Gasteiger partial charge in [-0.05, 0) is 25.0 Å². The lowest BCUT2D eigenvalue weighted by molar-refractivity contribution is 0.578. The van der Waals surface area contributed by atoms with Crippen molar-refractivity contribution >= 4 is 5.69 Å². The van der Waals surface area contributed by atoms with E-state index in [1.54, 1.807) is 5.56 Å². The van der Waals surface area contributed by atoms with Gasteiger partial charge in [0.15, 0.2) is 0 Å². The highest BCUT2D eigenvalue weighted by molar-refractivity contribution is 5.58. The molecule has 0 bridgehead atoms. The van der Waals surface area contributed by atoms with E-state index < -0.39 is 0 Å². The fourth-order valence-corrected chi connectivity index (χ4v) is 2.60. The maximum Gasteiger partial charge on any atom is 0.0376 e. The molecule has 1 aromatic rings. The second-order valence-corrected chi connectivity index (χ2v) is 5.02. The van der Waals surface area contributed by atoms with Crippen LogP contribution in [0.2, 0.25) is 0 Å². The second-order valence-electron chi connectivity index (χ2n) is 5.02. The van der Waals surface area contributed by atoms with Gasteiger partial charge in [0, 0.05) is 18.2 Å². The molecule has 1 aliphatic rings. The first-order valence-corrected chi connectivity index (χ1v) is 6.65. The van der Waals surface area contributed by atoms with Crippen LogP contribution < -0.4 is 5.32 Å². The Kier molecular flexibility index (Phi) is 3.87. The van der Waals surface area contributed by atoms with E-state index >= 15 is 0 Å². The molecule has 1 aromatic carbocycles. The van der Waals surface area contributed by atoms with Crippen LogP contribution in [0, 0.1) is 6.92 Å². The third kappa shape index (κ3) is 2.58. The number of rotatable bonds is 5. The molecular weight excluding hydrogens is 194 g/mol. The van der Waals surface area contributed by atoms with Crippen molar-refractivity contribution in [1.82, 2.24) is 0 Å². The quantitative estimate of drug-likeness (QED) is 0.717. The third-order valence-corrected chi connectivity index (χ3v) is 3.59. The van der Waals surface area contributed by atoms with Gasteiger partial charge in [0.25, 0.3) is 0 Å². The molecule has 1 nitrogen and oxygen atoms in total. The zero-order chi connectivity index (χ0) is 11.4. The van der Waals surface area contributed by atoms with E-state index in [4.69, 9.17) is 0 Å². The van der Waals surface area contributed by atoms with Gasteiger partial charge in [0.2, 0.25) is 0 Å². The summed E-state index contributed by atoms with van der Waals surface area (Å²) in [5.74, 6) is 0.756. The third-order valence-electron chi connectivity index (χ3n) is 3.59. The van der Waals surface area contributed by atoms with Gasteiger partial charge in [-0.2, -0.15) is 0 Å². The van der Waals surface area contributed by atoms with Crippen molar-refractivity contribution in [1.29, 1.82) is 0 Å². The molecule has 1 heteroatoms. The molecule has 0 spiro atoms. The van der Waals surface area contributed by atoms with Crippen LogP contribution in [0.25, 0.3) is 0 Å². The second kappa shape index (κ2) is 5.38. The average Bonchev–Trinajstić information content (AvgIpc) is 2.67. The summed E-state index contributed by atoms with van der Waals surface area (Å²) in [6, 6.07) is 6.79. The molecule has 1 aliphatic heterocycles. The number of unbranched alkanes of at least 4 members (excludes halogenated alkanes) is 3. The predicted octanol–water partition coefficient (Wildman–Crippen LogP) is 4.47. The summed E-state index contributed by atoms with van der Waals surface area (Å²) in [6.45, 7) is 5.60. The Hall–Kier alpha value is -0.980. The minimum absolute atomic E-state index is 0.756. The van der Waals surface area contributed by atoms with Crippen LogP contribution in [0.1, 0.15) is 56.1 Å². The maximum atomic E-state index is 3.52. The number of anilines is 1. The first-order chi connectivity index (χ1) is 7.81. The fourth-order valence-electron chi connectivity index (χ4n) is 2.60. The van der Waals surface area contributed by atoms with Gasteiger partial charge in [0.1, 0.15) is 0 Å². The van der Waals surface area contributed by atoms with Gasteiger partial charge in [0.05, 0.1) is 0 Å². The zero-order valence-electron chi connectivity index (χ0n) is 10.6. The molecule has 1 atom stereocenters. The molecule has 1 N–H and O–H groups in total. The Morgan fingerprint density at radius 2 is 2.12 bits per heavy atom. The molecule has 0 saturated carbocycles. The SMILES string of the molecule is CCCCCCC1CNc2ccc(C)cc21. The van der Waals surface area contributed by atoms with E-state index in [1.165, 1.54) is 43.4 Å². The summed E-state index contributed by atoms with van der Waals surface area (Å²) >= 11 is 0. The van der Waals surface area contributed by atoms with Crippen molar-refractivity contribution in [3.8, 4) is 0 Å². The predicted molar refractivity (Wildman–Crippen MR) is 71.2 cm³/mol. The van der Waals surface area contributed by atoms with Gasteiger partial charge in [-0.3, -0.25) is 0 Å². The number of nitrogens with one attached hydrogen (secondary N) is 1. The molecule has 1 unspecified atom stereocenters. The van der Waals surface area contributed by atoms with Gasteiger partial charge in [-0.1, -0.05) is 50.3 Å². The summed E-state index contributed by atoms with van der Waals surface area (Å²) in [4.78, 5) is 0. The van der Waals surface area contributed by atoms with Crippen LogP contribution >= 0.6 is 0 Å². The van der Waals surface area contributed by atoms with Gasteiger partial charge in [-0.25, -0.2) is 0 Å². The number of hydrogen-bond donors (Lipinski definition) is 1. The standard InChI is InChI=1S/C15H23N/c1-3-4-5-6-7-13-11-16-15-9-8-12(2)10-14(13)15/h8-10,13,16H,3-7,11H2,1-2H3. The molecule has 0 aliphatic carbocycles. The van der Waals surface area contributed by atoms with E-state index in [1.807, 2.05) is 0 Å². The molecule has 1 heterocycles. The number of benzene rings is 1. The highest BCUT2D eigenvalue weighted by Crippen LogP contribution is 2.35. The minimum atomic E-state index is 0.756. The smallest absolute Gasteiger partial charge is 0.0376 e. The molecule has 0 saturated heterocycles. The Labute approximate surface area is 99.3 Å². The molecule has 88 valence electrons. The molecule has 16 heavy (non-hydrogen) atoms. The van der Waals surface area contributed by atoms with Gasteiger partial charge in [-0.15, -0.1) is 0 Å². The lowest BCUT2D eigenvalue weighted by Gasteiger charge is -2.10. The van der Waals surface area contributed by atoms with Crippen molar-refractivity contribution in [3.63, 3.8) is 0 Å². The van der Waals surface area contributed by atoms with Crippen LogP contribution in [-0.4, -0.2) is 6.54 Å². The van der Waals surface area contributed by atoms with Gasteiger partial charge < -0.3 is 5.32 Å². The summed E-state index contributed by atoms with van der Waals surface area (Å²) in [6.07, 6.45) is 6.85. The molecule has 2 rings (SSSR count). The van der Waals surface area contributed by atoms with Crippen molar-refractivity contribution < 1.29 is 0 Å². The van der Waals surface area contributed by atoms with E-state index in [9.17, 15) is 0 Å². The Morgan fingerprint density at radius 1 is 1.25 bits per heavy atom. The van der Waals surface area contributed by atoms with Crippen molar-refractivity contribution in [3.05, 3.63) is 29.3 Å². The minimum Gasteiger partial charge on any atom is -0.384 e. The van der Waals surface area contributed by atoms with Crippen LogP contribution in [0.3, 0.4) is 0 Å². The summed E-state index contributed by atoms with van der Waals surface area (Å²) in [5, 5.41) is 3.52. The Balaban J connectivity index is 1.92. The monoisotopic (exact) mass is 217 g/mol. The first-order valence-electron chi connectivity index (χ1n) is 6.65. The van der Waals surface area contributed by atoms with E-state index in [0.717, 1.165) is 12.5 Å². The van der Waals surface area contributed by atoms with Gasteiger partial charge >= 0.3 is 0 Å². The number of hydrogen-bond acceptors (Lipinski definition) is 1. The molecular formula is C15H23N. The largest absolute Gasteiger partial charge is 0.384 e. The topological polar surface area (TPSA) is 12.0 Å². The Bertz CT molecular complexity index is 343. The van der Waals surface area contributed by atoms with E-state index in [2.05, 4.69) is 37.4 Å². The highest BCUT2D eigenvalue weighted by atomic mass is 14.9. The Morgan fingerprint density at radius 3 is 2.94 bits per heavy atom. The van der Waals surface area contributed by atoms with Crippen molar-refractivity contribution in [2.45, 2.75) is 51.9 Å². The van der Waals surface area contributed by atoms with Crippen LogP contribution in [0.5, 0.6) is 0 Å². The van der Waals surface area contributed by atoms with Crippen molar-refractivity contribution in [2.24, 2.45) is 0 Å². The highest BCUT2D eigenvalue weighted by Gasteiger charge is 2.21. The van der Waals surface area contributed by atoms with Crippen LogP contribution in [0.15, 0.2) is 18.2 Å². The molecule has 0 amide bonds. The number of aryl methyl sites for hydroxylation is 1. The van der Waals surface area contributed by atoms with E-state index in [0.29, 0.717) is 0 Å². The molecule has 0 aromatic heterocycles. The zero-order valence-corrected chi connectivity index (χ0v) is 10.6.